The van der Waals surface area contributed by atoms with E-state index in [1.54, 1.807) is 0 Å². The van der Waals surface area contributed by atoms with Crippen molar-refractivity contribution in [2.75, 3.05) is 13.1 Å². The lowest BCUT2D eigenvalue weighted by Gasteiger charge is -2.56. The minimum Gasteiger partial charge on any atom is -0.340 e. The van der Waals surface area contributed by atoms with Gasteiger partial charge in [0.25, 0.3) is 0 Å². The second kappa shape index (κ2) is 6.12. The van der Waals surface area contributed by atoms with Crippen LogP contribution in [0.15, 0.2) is 12.7 Å². The van der Waals surface area contributed by atoms with Gasteiger partial charge in [-0.15, -0.1) is 6.58 Å². The number of rotatable bonds is 3. The third kappa shape index (κ3) is 3.50. The van der Waals surface area contributed by atoms with E-state index in [1.807, 2.05) is 6.08 Å². The molecule has 2 rings (SSSR count). The maximum absolute atomic E-state index is 12.4. The van der Waals surface area contributed by atoms with Crippen LogP contribution in [0, 0.1) is 0 Å². The van der Waals surface area contributed by atoms with E-state index in [4.69, 9.17) is 0 Å². The van der Waals surface area contributed by atoms with Crippen molar-refractivity contribution in [1.29, 1.82) is 0 Å². The van der Waals surface area contributed by atoms with Crippen LogP contribution in [0.2, 0.25) is 0 Å². The second-order valence-electron chi connectivity index (χ2n) is 7.98. The summed E-state index contributed by atoms with van der Waals surface area (Å²) in [5.74, 6) is 0.376. The van der Waals surface area contributed by atoms with Crippen LogP contribution in [0.4, 0.5) is 0 Å². The first kappa shape index (κ1) is 16.5. The van der Waals surface area contributed by atoms with Crippen LogP contribution in [-0.4, -0.2) is 45.9 Å². The van der Waals surface area contributed by atoms with Crippen LogP contribution in [-0.2, 0) is 4.79 Å². The molecule has 2 fully saturated rings. The molecule has 1 amide bonds. The zero-order chi connectivity index (χ0) is 15.7. The molecule has 2 aliphatic heterocycles. The number of likely N-dealkylation sites (tertiary alicyclic amines) is 2. The van der Waals surface area contributed by atoms with E-state index in [9.17, 15) is 4.79 Å². The molecule has 0 saturated carbocycles. The molecule has 0 aromatic rings. The maximum Gasteiger partial charge on any atom is 0.222 e. The highest BCUT2D eigenvalue weighted by Crippen LogP contribution is 2.40. The average molecular weight is 292 g/mol. The predicted molar refractivity (Wildman–Crippen MR) is 88.3 cm³/mol. The molecule has 0 atom stereocenters. The molecule has 2 heterocycles. The van der Waals surface area contributed by atoms with Crippen LogP contribution in [0.1, 0.15) is 66.2 Å². The Hall–Kier alpha value is -0.830. The number of hydrogen-bond donors (Lipinski definition) is 0. The minimum atomic E-state index is 0.104. The Morgan fingerprint density at radius 2 is 1.76 bits per heavy atom. The highest BCUT2D eigenvalue weighted by molar-refractivity contribution is 5.76. The molecular formula is C18H32N2O. The standard InChI is InChI=1S/C18H32N2O/c1-6-11-20-17(2,3)13-15(14-18(20,4)5)19-12-9-7-8-10-16(19)21/h6,15H,1,7-14H2,2-5H3. The van der Waals surface area contributed by atoms with E-state index in [0.717, 1.165) is 38.8 Å². The van der Waals surface area contributed by atoms with Crippen LogP contribution in [0.5, 0.6) is 0 Å². The fraction of sp³-hybridized carbons (Fsp3) is 0.833. The largest absolute Gasteiger partial charge is 0.340 e. The topological polar surface area (TPSA) is 23.6 Å². The number of piperidine rings is 1. The van der Waals surface area contributed by atoms with Crippen LogP contribution < -0.4 is 0 Å². The summed E-state index contributed by atoms with van der Waals surface area (Å²) in [5, 5.41) is 0. The Morgan fingerprint density at radius 3 is 2.33 bits per heavy atom. The highest BCUT2D eigenvalue weighted by Gasteiger charge is 2.46. The molecule has 21 heavy (non-hydrogen) atoms. The number of nitrogens with zero attached hydrogens (tertiary/aromatic N) is 2. The molecule has 120 valence electrons. The van der Waals surface area contributed by atoms with Gasteiger partial charge in [-0.1, -0.05) is 12.5 Å². The lowest BCUT2D eigenvalue weighted by molar-refractivity contribution is -0.138. The van der Waals surface area contributed by atoms with Gasteiger partial charge in [-0.05, 0) is 53.4 Å². The Morgan fingerprint density at radius 1 is 1.14 bits per heavy atom. The molecule has 0 aliphatic carbocycles. The summed E-state index contributed by atoms with van der Waals surface area (Å²) < 4.78 is 0. The van der Waals surface area contributed by atoms with Gasteiger partial charge >= 0.3 is 0 Å². The summed E-state index contributed by atoms with van der Waals surface area (Å²) in [4.78, 5) is 17.2. The number of hydrogen-bond acceptors (Lipinski definition) is 2. The zero-order valence-corrected chi connectivity index (χ0v) is 14.3. The summed E-state index contributed by atoms with van der Waals surface area (Å²) in [5.41, 5.74) is 0.209. The molecular weight excluding hydrogens is 260 g/mol. The molecule has 0 aromatic carbocycles. The molecule has 3 heteroatoms. The van der Waals surface area contributed by atoms with E-state index >= 15 is 0 Å². The Balaban J connectivity index is 2.20. The first-order valence-corrected chi connectivity index (χ1v) is 8.46. The molecule has 0 unspecified atom stereocenters. The fourth-order valence-electron chi connectivity index (χ4n) is 4.50. The monoisotopic (exact) mass is 292 g/mol. The molecule has 0 aromatic heterocycles. The third-order valence-electron chi connectivity index (χ3n) is 5.29. The van der Waals surface area contributed by atoms with Crippen molar-refractivity contribution in [3.8, 4) is 0 Å². The SMILES string of the molecule is C=CCN1C(C)(C)CC(N2CCCCCC2=O)CC1(C)C. The smallest absolute Gasteiger partial charge is 0.222 e. The molecule has 0 spiro atoms. The summed E-state index contributed by atoms with van der Waals surface area (Å²) in [6.07, 6.45) is 8.31. The van der Waals surface area contributed by atoms with Gasteiger partial charge in [0.2, 0.25) is 5.91 Å². The van der Waals surface area contributed by atoms with E-state index in [1.165, 1.54) is 12.8 Å². The normalized spacial score (nSPS) is 27.4. The Labute approximate surface area is 130 Å². The second-order valence-corrected chi connectivity index (χ2v) is 7.98. The molecule has 0 bridgehead atoms. The van der Waals surface area contributed by atoms with Crippen molar-refractivity contribution in [2.24, 2.45) is 0 Å². The van der Waals surface area contributed by atoms with Crippen molar-refractivity contribution in [3.63, 3.8) is 0 Å². The summed E-state index contributed by atoms with van der Waals surface area (Å²) in [6, 6.07) is 0.390. The maximum atomic E-state index is 12.4. The summed E-state index contributed by atoms with van der Waals surface area (Å²) in [7, 11) is 0. The van der Waals surface area contributed by atoms with Crippen molar-refractivity contribution in [1.82, 2.24) is 9.80 Å². The quantitative estimate of drug-likeness (QED) is 0.742. The van der Waals surface area contributed by atoms with Gasteiger partial charge in [0.15, 0.2) is 0 Å². The van der Waals surface area contributed by atoms with Crippen molar-refractivity contribution < 1.29 is 4.79 Å². The van der Waals surface area contributed by atoms with Gasteiger partial charge in [0.05, 0.1) is 0 Å². The van der Waals surface area contributed by atoms with Crippen LogP contribution in [0.25, 0.3) is 0 Å². The van der Waals surface area contributed by atoms with Gasteiger partial charge in [-0.25, -0.2) is 0 Å². The van der Waals surface area contributed by atoms with Crippen LogP contribution >= 0.6 is 0 Å². The van der Waals surface area contributed by atoms with E-state index in [-0.39, 0.29) is 11.1 Å². The zero-order valence-electron chi connectivity index (χ0n) is 14.3. The summed E-state index contributed by atoms with van der Waals surface area (Å²) in [6.45, 7) is 15.0. The van der Waals surface area contributed by atoms with Crippen molar-refractivity contribution >= 4 is 5.91 Å². The molecule has 3 nitrogen and oxygen atoms in total. The van der Waals surface area contributed by atoms with E-state index in [2.05, 4.69) is 44.1 Å². The van der Waals surface area contributed by atoms with Crippen molar-refractivity contribution in [2.45, 2.75) is 83.3 Å². The number of amides is 1. The molecule has 0 N–H and O–H groups in total. The number of carbonyl (C=O) groups is 1. The molecule has 0 radical (unpaired) electrons. The highest BCUT2D eigenvalue weighted by atomic mass is 16.2. The van der Waals surface area contributed by atoms with Gasteiger partial charge in [0, 0.05) is 36.6 Å². The van der Waals surface area contributed by atoms with E-state index in [0.29, 0.717) is 11.9 Å². The van der Waals surface area contributed by atoms with Crippen molar-refractivity contribution in [3.05, 3.63) is 12.7 Å². The van der Waals surface area contributed by atoms with Crippen LogP contribution in [0.3, 0.4) is 0 Å². The molecule has 2 aliphatic rings. The predicted octanol–water partition coefficient (Wildman–Crippen LogP) is 3.60. The summed E-state index contributed by atoms with van der Waals surface area (Å²) >= 11 is 0. The minimum absolute atomic E-state index is 0.104. The number of carbonyl (C=O) groups excluding carboxylic acids is 1. The fourth-order valence-corrected chi connectivity index (χ4v) is 4.50. The third-order valence-corrected chi connectivity index (χ3v) is 5.29. The van der Waals surface area contributed by atoms with Gasteiger partial charge in [-0.3, -0.25) is 9.69 Å². The van der Waals surface area contributed by atoms with Gasteiger partial charge in [0.1, 0.15) is 0 Å². The van der Waals surface area contributed by atoms with E-state index < -0.39 is 0 Å². The van der Waals surface area contributed by atoms with Gasteiger partial charge in [-0.2, -0.15) is 0 Å². The Bertz CT molecular complexity index is 382. The lowest BCUT2D eigenvalue weighted by Crippen LogP contribution is -2.64. The van der Waals surface area contributed by atoms with Gasteiger partial charge < -0.3 is 4.90 Å². The first-order chi connectivity index (χ1) is 9.78. The first-order valence-electron chi connectivity index (χ1n) is 8.46. The molecule has 2 saturated heterocycles. The average Bonchev–Trinajstić information content (AvgIpc) is 2.57. The lowest BCUT2D eigenvalue weighted by atomic mass is 9.76. The Kier molecular flexibility index (Phi) is 4.82.